The van der Waals surface area contributed by atoms with Crippen LogP contribution >= 0.6 is 0 Å². The number of aliphatic hydroxyl groups is 1. The van der Waals surface area contributed by atoms with Gasteiger partial charge in [-0.1, -0.05) is 56.9 Å². The number of aromatic amines is 1. The van der Waals surface area contributed by atoms with E-state index < -0.39 is 5.60 Å². The highest BCUT2D eigenvalue weighted by Gasteiger charge is 2.55. The maximum Gasteiger partial charge on any atom is 0.124 e. The first-order valence-corrected chi connectivity index (χ1v) is 11.9. The van der Waals surface area contributed by atoms with E-state index in [0.29, 0.717) is 5.92 Å². The van der Waals surface area contributed by atoms with Gasteiger partial charge in [-0.25, -0.2) is 0 Å². The third kappa shape index (κ3) is 3.70. The number of nitrogens with zero attached hydrogens (tertiary/aromatic N) is 2. The van der Waals surface area contributed by atoms with Gasteiger partial charge in [0.05, 0.1) is 5.41 Å². The molecule has 1 aromatic carbocycles. The maximum absolute atomic E-state index is 12.4. The zero-order valence-corrected chi connectivity index (χ0v) is 20.0. The molecular formula is C29H33N3O. The molecule has 0 spiro atoms. The number of nitrogens with one attached hydrogen (secondary N) is 1. The molecule has 0 bridgehead atoms. The standard InChI is InChI=1S/C29H33N3O/c1-21(2)23-5-7-24(8-6-23)29(33,27(3)19-32(4)20-27)26-15-22(16-31-18-26)9-11-28(12-13-28)25-10-14-30-17-25/h5-8,10,14-18,21,30,33H,12-13,19-20H2,1-4H3/t29-/m0/s1. The number of H-pyrrole nitrogens is 1. The molecule has 3 aromatic rings. The van der Waals surface area contributed by atoms with Gasteiger partial charge in [-0.05, 0) is 54.6 Å². The first-order valence-electron chi connectivity index (χ1n) is 11.9. The average Bonchev–Trinajstić information content (AvgIpc) is 3.38. The smallest absolute Gasteiger partial charge is 0.124 e. The summed E-state index contributed by atoms with van der Waals surface area (Å²) in [6.07, 6.45) is 9.79. The third-order valence-electron chi connectivity index (χ3n) is 7.61. The molecule has 4 heteroatoms. The Morgan fingerprint density at radius 3 is 2.39 bits per heavy atom. The Morgan fingerprint density at radius 2 is 1.82 bits per heavy atom. The van der Waals surface area contributed by atoms with Crippen LogP contribution < -0.4 is 0 Å². The molecule has 2 N–H and O–H groups in total. The highest BCUT2D eigenvalue weighted by atomic mass is 16.3. The minimum Gasteiger partial charge on any atom is -0.380 e. The largest absolute Gasteiger partial charge is 0.380 e. The molecule has 0 unspecified atom stereocenters. The lowest BCUT2D eigenvalue weighted by Crippen LogP contribution is -2.63. The molecule has 0 amide bonds. The van der Waals surface area contributed by atoms with Crippen molar-refractivity contribution < 1.29 is 5.11 Å². The number of hydrogen-bond acceptors (Lipinski definition) is 3. The van der Waals surface area contributed by atoms with E-state index in [1.807, 2.05) is 24.7 Å². The van der Waals surface area contributed by atoms with Gasteiger partial charge in [-0.2, -0.15) is 0 Å². The number of benzene rings is 1. The second-order valence-electron chi connectivity index (χ2n) is 10.6. The van der Waals surface area contributed by atoms with Crippen molar-refractivity contribution in [3.8, 4) is 11.8 Å². The van der Waals surface area contributed by atoms with E-state index in [1.54, 1.807) is 6.20 Å². The van der Waals surface area contributed by atoms with E-state index in [2.05, 4.69) is 84.9 Å². The molecule has 2 fully saturated rings. The van der Waals surface area contributed by atoms with Crippen LogP contribution in [0.25, 0.3) is 0 Å². The van der Waals surface area contributed by atoms with E-state index in [0.717, 1.165) is 42.6 Å². The number of aromatic nitrogens is 2. The van der Waals surface area contributed by atoms with Crippen molar-refractivity contribution in [2.24, 2.45) is 5.41 Å². The van der Waals surface area contributed by atoms with Gasteiger partial charge < -0.3 is 15.0 Å². The van der Waals surface area contributed by atoms with Gasteiger partial charge in [0.15, 0.2) is 0 Å². The maximum atomic E-state index is 12.4. The summed E-state index contributed by atoms with van der Waals surface area (Å²) in [4.78, 5) is 9.91. The summed E-state index contributed by atoms with van der Waals surface area (Å²) in [5.74, 6) is 7.32. The van der Waals surface area contributed by atoms with Crippen LogP contribution in [-0.2, 0) is 11.0 Å². The molecule has 1 saturated carbocycles. The molecule has 4 nitrogen and oxygen atoms in total. The summed E-state index contributed by atoms with van der Waals surface area (Å²) in [7, 11) is 2.10. The molecule has 3 heterocycles. The summed E-state index contributed by atoms with van der Waals surface area (Å²) in [5.41, 5.74) is 3.62. The van der Waals surface area contributed by atoms with Crippen LogP contribution in [0.4, 0.5) is 0 Å². The van der Waals surface area contributed by atoms with Crippen LogP contribution in [-0.4, -0.2) is 40.1 Å². The Labute approximate surface area is 197 Å². The van der Waals surface area contributed by atoms with Crippen molar-refractivity contribution in [2.75, 3.05) is 20.1 Å². The van der Waals surface area contributed by atoms with Crippen molar-refractivity contribution in [3.05, 3.63) is 89.0 Å². The SMILES string of the molecule is CC(C)c1ccc([C@](O)(c2cncc(C#CC3(c4cc[nH]c4)CC3)c2)C2(C)CN(C)C2)cc1. The van der Waals surface area contributed by atoms with Crippen LogP contribution in [0.15, 0.2) is 61.2 Å². The Morgan fingerprint density at radius 1 is 1.09 bits per heavy atom. The van der Waals surface area contributed by atoms with Crippen LogP contribution in [0, 0.1) is 17.3 Å². The van der Waals surface area contributed by atoms with Gasteiger partial charge in [0.1, 0.15) is 5.60 Å². The van der Waals surface area contributed by atoms with Gasteiger partial charge in [0.2, 0.25) is 0 Å². The van der Waals surface area contributed by atoms with Crippen molar-refractivity contribution in [3.63, 3.8) is 0 Å². The highest BCUT2D eigenvalue weighted by Crippen LogP contribution is 2.50. The van der Waals surface area contributed by atoms with Crippen molar-refractivity contribution in [1.82, 2.24) is 14.9 Å². The zero-order chi connectivity index (χ0) is 23.3. The molecule has 1 atom stereocenters. The molecule has 1 saturated heterocycles. The van der Waals surface area contributed by atoms with Crippen molar-refractivity contribution in [2.45, 2.75) is 50.5 Å². The fraction of sp³-hybridized carbons (Fsp3) is 0.414. The zero-order valence-electron chi connectivity index (χ0n) is 20.0. The van der Waals surface area contributed by atoms with Gasteiger partial charge in [0.25, 0.3) is 0 Å². The molecule has 33 heavy (non-hydrogen) atoms. The van der Waals surface area contributed by atoms with Gasteiger partial charge in [0, 0.05) is 54.4 Å². The van der Waals surface area contributed by atoms with Gasteiger partial charge >= 0.3 is 0 Å². The van der Waals surface area contributed by atoms with Crippen LogP contribution in [0.2, 0.25) is 0 Å². The Bertz CT molecular complexity index is 1190. The molecular weight excluding hydrogens is 406 g/mol. The van der Waals surface area contributed by atoms with Crippen LogP contribution in [0.3, 0.4) is 0 Å². The second kappa shape index (κ2) is 7.87. The fourth-order valence-corrected chi connectivity index (χ4v) is 5.48. The van der Waals surface area contributed by atoms with E-state index >= 15 is 0 Å². The Hall–Kier alpha value is -2.87. The van der Waals surface area contributed by atoms with E-state index in [9.17, 15) is 5.11 Å². The number of rotatable bonds is 5. The molecule has 170 valence electrons. The summed E-state index contributed by atoms with van der Waals surface area (Å²) >= 11 is 0. The monoisotopic (exact) mass is 439 g/mol. The van der Waals surface area contributed by atoms with Crippen LogP contribution in [0.5, 0.6) is 0 Å². The van der Waals surface area contributed by atoms with E-state index in [-0.39, 0.29) is 10.8 Å². The summed E-state index contributed by atoms with van der Waals surface area (Å²) in [6.45, 7) is 8.20. The van der Waals surface area contributed by atoms with E-state index in [4.69, 9.17) is 0 Å². The Kier molecular flexibility index (Phi) is 5.23. The van der Waals surface area contributed by atoms with Gasteiger partial charge in [-0.3, -0.25) is 4.98 Å². The minimum atomic E-state index is -1.14. The molecule has 2 aromatic heterocycles. The summed E-state index contributed by atoms with van der Waals surface area (Å²) < 4.78 is 0. The molecule has 1 aliphatic carbocycles. The highest BCUT2D eigenvalue weighted by molar-refractivity contribution is 5.48. The van der Waals surface area contributed by atoms with Crippen LogP contribution in [0.1, 0.15) is 67.3 Å². The first kappa shape index (κ1) is 21.9. The number of hydrogen-bond donors (Lipinski definition) is 2. The third-order valence-corrected chi connectivity index (χ3v) is 7.61. The molecule has 5 rings (SSSR count). The lowest BCUT2D eigenvalue weighted by atomic mass is 9.62. The second-order valence-corrected chi connectivity index (χ2v) is 10.6. The minimum absolute atomic E-state index is 0.0400. The lowest BCUT2D eigenvalue weighted by molar-refractivity contribution is -0.127. The molecule has 0 radical (unpaired) electrons. The fourth-order valence-electron chi connectivity index (χ4n) is 5.48. The summed E-state index contributed by atoms with van der Waals surface area (Å²) in [5, 5.41) is 12.4. The van der Waals surface area contributed by atoms with Crippen molar-refractivity contribution >= 4 is 0 Å². The predicted molar refractivity (Wildman–Crippen MR) is 132 cm³/mol. The van der Waals surface area contributed by atoms with Crippen molar-refractivity contribution in [1.29, 1.82) is 0 Å². The quantitative estimate of drug-likeness (QED) is 0.561. The predicted octanol–water partition coefficient (Wildman–Crippen LogP) is 4.80. The molecule has 2 aliphatic rings. The van der Waals surface area contributed by atoms with Gasteiger partial charge in [-0.15, -0.1) is 0 Å². The number of likely N-dealkylation sites (tertiary alicyclic amines) is 1. The Balaban J connectivity index is 1.54. The average molecular weight is 440 g/mol. The number of pyridine rings is 1. The first-order chi connectivity index (χ1) is 15.8. The normalized spacial score (nSPS) is 20.4. The summed E-state index contributed by atoms with van der Waals surface area (Å²) in [6, 6.07) is 12.6. The molecule has 1 aliphatic heterocycles. The van der Waals surface area contributed by atoms with E-state index in [1.165, 1.54) is 11.1 Å². The topological polar surface area (TPSA) is 52.2 Å². The lowest BCUT2D eigenvalue weighted by Gasteiger charge is -2.55.